The Labute approximate surface area is 203 Å². The van der Waals surface area contributed by atoms with Gasteiger partial charge in [-0.1, -0.05) is 29.8 Å². The lowest BCUT2D eigenvalue weighted by Gasteiger charge is -2.42. The molecule has 1 aliphatic carbocycles. The van der Waals surface area contributed by atoms with E-state index >= 15 is 0 Å². The number of hydrogen-bond acceptors (Lipinski definition) is 6. The van der Waals surface area contributed by atoms with E-state index in [0.29, 0.717) is 10.8 Å². The van der Waals surface area contributed by atoms with Crippen molar-refractivity contribution < 1.29 is 4.74 Å². The van der Waals surface area contributed by atoms with Gasteiger partial charge in [-0.3, -0.25) is 4.98 Å². The Morgan fingerprint density at radius 3 is 2.71 bits per heavy atom. The minimum Gasteiger partial charge on any atom is -0.495 e. The van der Waals surface area contributed by atoms with E-state index in [1.165, 1.54) is 5.56 Å². The summed E-state index contributed by atoms with van der Waals surface area (Å²) < 4.78 is 7.38. The van der Waals surface area contributed by atoms with E-state index in [1.54, 1.807) is 7.11 Å². The van der Waals surface area contributed by atoms with Crippen LogP contribution in [0.15, 0.2) is 48.8 Å². The van der Waals surface area contributed by atoms with Crippen LogP contribution in [-0.4, -0.2) is 39.8 Å². The summed E-state index contributed by atoms with van der Waals surface area (Å²) in [7, 11) is 1.62. The molecule has 1 spiro atoms. The second kappa shape index (κ2) is 7.96. The second-order valence-corrected chi connectivity index (χ2v) is 9.74. The first-order chi connectivity index (χ1) is 16.5. The maximum absolute atomic E-state index is 6.75. The molecule has 1 saturated heterocycles. The Balaban J connectivity index is 1.34. The van der Waals surface area contributed by atoms with Crippen LogP contribution < -0.4 is 15.4 Å². The normalized spacial score (nSPS) is 19.1. The number of aromatic nitrogens is 4. The summed E-state index contributed by atoms with van der Waals surface area (Å²) in [5, 5.41) is 5.20. The highest BCUT2D eigenvalue weighted by Gasteiger charge is 2.46. The fourth-order valence-corrected chi connectivity index (χ4v) is 6.07. The van der Waals surface area contributed by atoms with Gasteiger partial charge in [-0.25, -0.2) is 9.50 Å². The highest BCUT2D eigenvalue weighted by Crippen LogP contribution is 2.50. The van der Waals surface area contributed by atoms with E-state index in [-0.39, 0.29) is 11.5 Å². The van der Waals surface area contributed by atoms with Gasteiger partial charge in [0.25, 0.3) is 0 Å². The first-order valence-electron chi connectivity index (χ1n) is 11.6. The number of anilines is 1. The van der Waals surface area contributed by atoms with E-state index in [9.17, 15) is 0 Å². The fraction of sp³-hybridized carbons (Fsp3) is 0.346. The molecule has 174 valence electrons. The Morgan fingerprint density at radius 1 is 1.12 bits per heavy atom. The Morgan fingerprint density at radius 2 is 1.94 bits per heavy atom. The molecule has 1 fully saturated rings. The van der Waals surface area contributed by atoms with Crippen molar-refractivity contribution in [3.63, 3.8) is 0 Å². The molecule has 1 aliphatic heterocycles. The van der Waals surface area contributed by atoms with E-state index in [1.807, 2.05) is 54.2 Å². The summed E-state index contributed by atoms with van der Waals surface area (Å²) >= 11 is 6.67. The van der Waals surface area contributed by atoms with Crippen LogP contribution in [0.4, 0.5) is 5.82 Å². The zero-order valence-corrected chi connectivity index (χ0v) is 20.1. The maximum Gasteiger partial charge on any atom is 0.155 e. The molecule has 0 unspecified atom stereocenters. The number of nitrogens with two attached hydrogens (primary N) is 1. The van der Waals surface area contributed by atoms with Crippen LogP contribution in [0.25, 0.3) is 16.8 Å². The monoisotopic (exact) mass is 474 g/mol. The number of aryl methyl sites for hydroxylation is 1. The number of benzene rings is 1. The van der Waals surface area contributed by atoms with Crippen molar-refractivity contribution >= 4 is 22.9 Å². The number of pyridine rings is 1. The van der Waals surface area contributed by atoms with Gasteiger partial charge in [-0.05, 0) is 55.4 Å². The van der Waals surface area contributed by atoms with E-state index in [0.717, 1.165) is 66.3 Å². The standard InChI is InChI=1S/C26H27ClN6O/c1-16-23(18-5-3-7-21(34-2)22(18)27)33-20(8-12-30-33)25(31-16)32-13-9-26(10-14-32)15-19-17(24(26)28)6-4-11-29-19/h3-8,11-12,24H,9-10,13-15,28H2,1-2H3/t24-/m1/s1. The lowest BCUT2D eigenvalue weighted by Crippen LogP contribution is -2.44. The summed E-state index contributed by atoms with van der Waals surface area (Å²) in [5.41, 5.74) is 12.8. The SMILES string of the molecule is COc1cccc(-c2c(C)nc(N3CCC4(CC3)Cc3ncccc3[C@H]4N)c3ccnn23)c1Cl. The average molecular weight is 475 g/mol. The van der Waals surface area contributed by atoms with Crippen molar-refractivity contribution in [2.75, 3.05) is 25.1 Å². The molecule has 0 amide bonds. The first kappa shape index (κ1) is 21.4. The molecule has 3 aromatic heterocycles. The number of ether oxygens (including phenoxy) is 1. The van der Waals surface area contributed by atoms with Crippen LogP contribution in [-0.2, 0) is 6.42 Å². The minimum atomic E-state index is 0.0422. The highest BCUT2D eigenvalue weighted by atomic mass is 35.5. The van der Waals surface area contributed by atoms with Crippen molar-refractivity contribution in [2.45, 2.75) is 32.2 Å². The van der Waals surface area contributed by atoms with Gasteiger partial charge in [0, 0.05) is 36.6 Å². The van der Waals surface area contributed by atoms with Gasteiger partial charge in [0.1, 0.15) is 11.3 Å². The van der Waals surface area contributed by atoms with Crippen LogP contribution in [0.3, 0.4) is 0 Å². The molecule has 2 aliphatic rings. The molecule has 7 nitrogen and oxygen atoms in total. The van der Waals surface area contributed by atoms with Crippen molar-refractivity contribution in [1.29, 1.82) is 0 Å². The molecular weight excluding hydrogens is 448 g/mol. The number of piperidine rings is 1. The molecule has 8 heteroatoms. The van der Waals surface area contributed by atoms with Crippen LogP contribution in [0, 0.1) is 12.3 Å². The van der Waals surface area contributed by atoms with Crippen molar-refractivity contribution in [1.82, 2.24) is 19.6 Å². The summed E-state index contributed by atoms with van der Waals surface area (Å²) in [6.45, 7) is 3.80. The topological polar surface area (TPSA) is 81.6 Å². The van der Waals surface area contributed by atoms with Crippen molar-refractivity contribution in [3.05, 3.63) is 70.8 Å². The molecule has 6 rings (SSSR count). The van der Waals surface area contributed by atoms with Crippen LogP contribution in [0.5, 0.6) is 5.75 Å². The fourth-order valence-electron chi connectivity index (χ4n) is 5.77. The van der Waals surface area contributed by atoms with Gasteiger partial charge in [0.05, 0.1) is 29.7 Å². The van der Waals surface area contributed by atoms with Crippen molar-refractivity contribution in [2.24, 2.45) is 11.1 Å². The number of rotatable bonds is 3. The molecule has 0 bridgehead atoms. The van der Waals surface area contributed by atoms with Crippen molar-refractivity contribution in [3.8, 4) is 17.0 Å². The lowest BCUT2D eigenvalue weighted by atomic mass is 9.73. The van der Waals surface area contributed by atoms with Crippen LogP contribution in [0.2, 0.25) is 5.02 Å². The molecular formula is C26H27ClN6O. The third-order valence-electron chi connectivity index (χ3n) is 7.64. The molecule has 2 N–H and O–H groups in total. The molecule has 4 aromatic rings. The maximum atomic E-state index is 6.75. The molecule has 1 atom stereocenters. The average Bonchev–Trinajstić information content (AvgIpc) is 3.44. The molecule has 0 saturated carbocycles. The predicted octanol–water partition coefficient (Wildman–Crippen LogP) is 4.60. The third kappa shape index (κ3) is 3.11. The highest BCUT2D eigenvalue weighted by molar-refractivity contribution is 6.34. The summed E-state index contributed by atoms with van der Waals surface area (Å²) in [6, 6.07) is 12.0. The minimum absolute atomic E-state index is 0.0422. The van der Waals surface area contributed by atoms with Gasteiger partial charge in [0.2, 0.25) is 0 Å². The number of fused-ring (bicyclic) bond motifs is 2. The zero-order chi connectivity index (χ0) is 23.4. The zero-order valence-electron chi connectivity index (χ0n) is 19.3. The molecule has 34 heavy (non-hydrogen) atoms. The Bertz CT molecular complexity index is 1390. The third-order valence-corrected chi connectivity index (χ3v) is 8.03. The summed E-state index contributed by atoms with van der Waals surface area (Å²) in [4.78, 5) is 12.0. The Hall–Kier alpha value is -3.16. The van der Waals surface area contributed by atoms with Gasteiger partial charge in [0.15, 0.2) is 5.82 Å². The number of nitrogens with zero attached hydrogens (tertiary/aromatic N) is 5. The molecule has 1 aromatic carbocycles. The second-order valence-electron chi connectivity index (χ2n) is 9.36. The number of hydrogen-bond donors (Lipinski definition) is 1. The van der Waals surface area contributed by atoms with Crippen LogP contribution >= 0.6 is 11.6 Å². The smallest absolute Gasteiger partial charge is 0.155 e. The van der Waals surface area contributed by atoms with Gasteiger partial charge >= 0.3 is 0 Å². The largest absolute Gasteiger partial charge is 0.495 e. The first-order valence-corrected chi connectivity index (χ1v) is 12.0. The predicted molar refractivity (Wildman–Crippen MR) is 133 cm³/mol. The van der Waals surface area contributed by atoms with Gasteiger partial charge < -0.3 is 15.4 Å². The number of halogens is 1. The van der Waals surface area contributed by atoms with Gasteiger partial charge in [-0.2, -0.15) is 5.10 Å². The lowest BCUT2D eigenvalue weighted by molar-refractivity contribution is 0.187. The van der Waals surface area contributed by atoms with E-state index in [2.05, 4.69) is 21.0 Å². The van der Waals surface area contributed by atoms with Crippen LogP contribution in [0.1, 0.15) is 35.8 Å². The summed E-state index contributed by atoms with van der Waals surface area (Å²) in [6.07, 6.45) is 6.67. The summed E-state index contributed by atoms with van der Waals surface area (Å²) in [5.74, 6) is 1.59. The van der Waals surface area contributed by atoms with E-state index < -0.39 is 0 Å². The molecule has 0 radical (unpaired) electrons. The van der Waals surface area contributed by atoms with E-state index in [4.69, 9.17) is 27.1 Å². The number of methoxy groups -OCH3 is 1. The Kier molecular flexibility index (Phi) is 5.00. The quantitative estimate of drug-likeness (QED) is 0.467. The molecule has 4 heterocycles. The van der Waals surface area contributed by atoms with Gasteiger partial charge in [-0.15, -0.1) is 0 Å².